The molecule has 0 unspecified atom stereocenters. The van der Waals surface area contributed by atoms with E-state index in [0.717, 1.165) is 17.0 Å². The molecule has 5 heteroatoms. The van der Waals surface area contributed by atoms with Crippen LogP contribution in [0.3, 0.4) is 0 Å². The summed E-state index contributed by atoms with van der Waals surface area (Å²) < 4.78 is 11.0. The van der Waals surface area contributed by atoms with Crippen molar-refractivity contribution in [3.63, 3.8) is 0 Å². The Hall–Kier alpha value is -2.82. The number of aromatic nitrogens is 2. The van der Waals surface area contributed by atoms with Crippen LogP contribution in [0.25, 0.3) is 11.5 Å². The van der Waals surface area contributed by atoms with E-state index in [2.05, 4.69) is 15.5 Å². The highest BCUT2D eigenvalue weighted by molar-refractivity contribution is 5.56. The van der Waals surface area contributed by atoms with Crippen LogP contribution in [-0.4, -0.2) is 17.3 Å². The van der Waals surface area contributed by atoms with E-state index in [1.165, 1.54) is 5.56 Å². The van der Waals surface area contributed by atoms with E-state index in [1.54, 1.807) is 7.11 Å². The van der Waals surface area contributed by atoms with E-state index in [0.29, 0.717) is 18.3 Å². The molecule has 0 amide bonds. The highest BCUT2D eigenvalue weighted by Crippen LogP contribution is 2.24. The summed E-state index contributed by atoms with van der Waals surface area (Å²) in [5.74, 6) is 1.83. The van der Waals surface area contributed by atoms with E-state index in [-0.39, 0.29) is 0 Å². The van der Waals surface area contributed by atoms with Crippen LogP contribution in [0.5, 0.6) is 5.75 Å². The molecule has 0 bridgehead atoms. The van der Waals surface area contributed by atoms with Crippen LogP contribution in [0.15, 0.2) is 52.9 Å². The maximum Gasteiger partial charge on any atom is 0.247 e. The Morgan fingerprint density at radius 3 is 2.59 bits per heavy atom. The van der Waals surface area contributed by atoms with Gasteiger partial charge in [-0.3, -0.25) is 0 Å². The number of nitrogens with one attached hydrogen (secondary N) is 1. The summed E-state index contributed by atoms with van der Waals surface area (Å²) in [4.78, 5) is 0. The Balaban J connectivity index is 1.71. The van der Waals surface area contributed by atoms with Gasteiger partial charge < -0.3 is 14.5 Å². The van der Waals surface area contributed by atoms with Crippen LogP contribution < -0.4 is 10.1 Å². The second kappa shape index (κ2) is 6.30. The van der Waals surface area contributed by atoms with Gasteiger partial charge in [0.15, 0.2) is 0 Å². The minimum atomic E-state index is 0.444. The summed E-state index contributed by atoms with van der Waals surface area (Å²) >= 11 is 0. The molecule has 0 aliphatic heterocycles. The summed E-state index contributed by atoms with van der Waals surface area (Å²) in [5.41, 5.74) is 3.00. The highest BCUT2D eigenvalue weighted by atomic mass is 16.5. The van der Waals surface area contributed by atoms with E-state index in [9.17, 15) is 0 Å². The second-order valence-electron chi connectivity index (χ2n) is 4.92. The maximum absolute atomic E-state index is 5.68. The van der Waals surface area contributed by atoms with Gasteiger partial charge in [0.1, 0.15) is 5.75 Å². The highest BCUT2D eigenvalue weighted by Gasteiger charge is 2.09. The molecule has 2 aromatic carbocycles. The summed E-state index contributed by atoms with van der Waals surface area (Å²) in [6.07, 6.45) is 0. The zero-order chi connectivity index (χ0) is 15.4. The zero-order valence-electron chi connectivity index (χ0n) is 12.5. The first-order valence-electron chi connectivity index (χ1n) is 7.02. The Kier molecular flexibility index (Phi) is 4.05. The molecule has 1 aromatic heterocycles. The fraction of sp³-hybridized carbons (Fsp3) is 0.176. The van der Waals surface area contributed by atoms with Crippen molar-refractivity contribution in [1.29, 1.82) is 0 Å². The minimum absolute atomic E-state index is 0.444. The summed E-state index contributed by atoms with van der Waals surface area (Å²) in [5, 5.41) is 11.4. The molecule has 0 radical (unpaired) electrons. The van der Waals surface area contributed by atoms with E-state index < -0.39 is 0 Å². The predicted molar refractivity (Wildman–Crippen MR) is 84.8 cm³/mol. The van der Waals surface area contributed by atoms with E-state index in [1.807, 2.05) is 55.5 Å². The van der Waals surface area contributed by atoms with Crippen molar-refractivity contribution in [2.45, 2.75) is 13.5 Å². The first-order chi connectivity index (χ1) is 10.8. The number of rotatable bonds is 5. The number of ether oxygens (including phenoxy) is 1. The lowest BCUT2D eigenvalue weighted by Gasteiger charge is -2.08. The molecule has 3 aromatic rings. The fourth-order valence-corrected chi connectivity index (χ4v) is 2.10. The van der Waals surface area contributed by atoms with Crippen molar-refractivity contribution >= 4 is 5.69 Å². The molecule has 1 N–H and O–H groups in total. The molecule has 22 heavy (non-hydrogen) atoms. The molecular weight excluding hydrogens is 278 g/mol. The quantitative estimate of drug-likeness (QED) is 0.778. The van der Waals surface area contributed by atoms with Crippen LogP contribution in [0, 0.1) is 6.92 Å². The molecule has 0 saturated heterocycles. The number of methoxy groups -OCH3 is 1. The van der Waals surface area contributed by atoms with Crippen molar-refractivity contribution in [3.05, 3.63) is 60.0 Å². The Bertz CT molecular complexity index is 751. The van der Waals surface area contributed by atoms with Crippen molar-refractivity contribution in [2.24, 2.45) is 0 Å². The summed E-state index contributed by atoms with van der Waals surface area (Å²) in [6, 6.07) is 15.7. The Morgan fingerprint density at radius 2 is 1.82 bits per heavy atom. The number of para-hydroxylation sites is 2. The monoisotopic (exact) mass is 295 g/mol. The van der Waals surface area contributed by atoms with Gasteiger partial charge in [0.05, 0.1) is 19.3 Å². The van der Waals surface area contributed by atoms with Crippen LogP contribution >= 0.6 is 0 Å². The molecule has 0 aliphatic carbocycles. The van der Waals surface area contributed by atoms with Crippen molar-refractivity contribution in [1.82, 2.24) is 10.2 Å². The summed E-state index contributed by atoms with van der Waals surface area (Å²) in [6.45, 7) is 2.49. The van der Waals surface area contributed by atoms with Crippen LogP contribution in [0.2, 0.25) is 0 Å². The molecule has 0 atom stereocenters. The first-order valence-corrected chi connectivity index (χ1v) is 7.02. The molecular formula is C17H17N3O2. The third kappa shape index (κ3) is 3.09. The molecule has 3 rings (SSSR count). The van der Waals surface area contributed by atoms with Gasteiger partial charge in [-0.2, -0.15) is 0 Å². The Labute approximate surface area is 129 Å². The van der Waals surface area contributed by atoms with Gasteiger partial charge in [-0.15, -0.1) is 10.2 Å². The maximum atomic E-state index is 5.68. The number of anilines is 1. The first kappa shape index (κ1) is 14.1. The van der Waals surface area contributed by atoms with Gasteiger partial charge in [0, 0.05) is 5.56 Å². The van der Waals surface area contributed by atoms with Gasteiger partial charge in [-0.25, -0.2) is 0 Å². The number of hydrogen-bond donors (Lipinski definition) is 1. The average Bonchev–Trinajstić information content (AvgIpc) is 3.03. The third-order valence-electron chi connectivity index (χ3n) is 3.30. The molecule has 0 aliphatic rings. The normalized spacial score (nSPS) is 10.5. The van der Waals surface area contributed by atoms with Gasteiger partial charge in [0.2, 0.25) is 11.8 Å². The number of benzene rings is 2. The third-order valence-corrected chi connectivity index (χ3v) is 3.30. The molecule has 0 fully saturated rings. The number of hydrogen-bond acceptors (Lipinski definition) is 5. The van der Waals surface area contributed by atoms with Crippen molar-refractivity contribution in [3.8, 4) is 17.2 Å². The van der Waals surface area contributed by atoms with Crippen molar-refractivity contribution < 1.29 is 9.15 Å². The van der Waals surface area contributed by atoms with Gasteiger partial charge in [-0.05, 0) is 31.2 Å². The lowest BCUT2D eigenvalue weighted by atomic mass is 10.1. The van der Waals surface area contributed by atoms with E-state index in [4.69, 9.17) is 9.15 Å². The smallest absolute Gasteiger partial charge is 0.247 e. The molecule has 0 saturated carbocycles. The fourth-order valence-electron chi connectivity index (χ4n) is 2.10. The van der Waals surface area contributed by atoms with Gasteiger partial charge >= 0.3 is 0 Å². The predicted octanol–water partition coefficient (Wildman–Crippen LogP) is 3.67. The summed E-state index contributed by atoms with van der Waals surface area (Å²) in [7, 11) is 1.64. The lowest BCUT2D eigenvalue weighted by Crippen LogP contribution is -2.01. The molecule has 1 heterocycles. The van der Waals surface area contributed by atoms with Crippen LogP contribution in [-0.2, 0) is 6.54 Å². The minimum Gasteiger partial charge on any atom is -0.495 e. The topological polar surface area (TPSA) is 60.2 Å². The Morgan fingerprint density at radius 1 is 1.05 bits per heavy atom. The largest absolute Gasteiger partial charge is 0.495 e. The van der Waals surface area contributed by atoms with Crippen LogP contribution in [0.4, 0.5) is 5.69 Å². The molecule has 0 spiro atoms. The number of aryl methyl sites for hydroxylation is 1. The van der Waals surface area contributed by atoms with Crippen molar-refractivity contribution in [2.75, 3.05) is 12.4 Å². The van der Waals surface area contributed by atoms with Gasteiger partial charge in [0.25, 0.3) is 0 Å². The van der Waals surface area contributed by atoms with E-state index >= 15 is 0 Å². The second-order valence-corrected chi connectivity index (χ2v) is 4.92. The molecule has 5 nitrogen and oxygen atoms in total. The zero-order valence-corrected chi connectivity index (χ0v) is 12.5. The number of nitrogens with zero attached hydrogens (tertiary/aromatic N) is 2. The van der Waals surface area contributed by atoms with Gasteiger partial charge in [-0.1, -0.05) is 29.8 Å². The molecule has 112 valence electrons. The average molecular weight is 295 g/mol. The SMILES string of the molecule is COc1ccccc1NCc1nnc(-c2ccc(C)cc2)o1. The van der Waals surface area contributed by atoms with Crippen LogP contribution in [0.1, 0.15) is 11.5 Å². The lowest BCUT2D eigenvalue weighted by molar-refractivity contribution is 0.416. The standard InChI is InChI=1S/C17H17N3O2/c1-12-7-9-13(10-8-12)17-20-19-16(22-17)11-18-14-5-3-4-6-15(14)21-2/h3-10,18H,11H2,1-2H3.